The lowest BCUT2D eigenvalue weighted by Gasteiger charge is -2.30. The first-order valence-electron chi connectivity index (χ1n) is 8.86. The smallest absolute Gasteiger partial charge is 0.316 e. The highest BCUT2D eigenvalue weighted by atomic mass is 19.3. The second-order valence-electron chi connectivity index (χ2n) is 6.79. The largest absolute Gasteiger partial charge is 0.356 e. The van der Waals surface area contributed by atoms with Gasteiger partial charge >= 0.3 is 6.11 Å². The Labute approximate surface area is 142 Å². The zero-order valence-corrected chi connectivity index (χ0v) is 14.3. The number of allylic oxidation sites excluding steroid dienone is 2. The van der Waals surface area contributed by atoms with Crippen molar-refractivity contribution in [2.24, 2.45) is 11.8 Å². The van der Waals surface area contributed by atoms with Gasteiger partial charge in [-0.2, -0.15) is 8.78 Å². The molecule has 2 rings (SSSR count). The Morgan fingerprint density at radius 2 is 1.71 bits per heavy atom. The molecule has 0 aliphatic heterocycles. The van der Waals surface area contributed by atoms with Crippen LogP contribution in [0.4, 0.5) is 13.2 Å². The Kier molecular flexibility index (Phi) is 7.35. The van der Waals surface area contributed by atoms with Crippen molar-refractivity contribution in [1.82, 2.24) is 0 Å². The lowest BCUT2D eigenvalue weighted by Crippen LogP contribution is -2.27. The van der Waals surface area contributed by atoms with E-state index in [0.717, 1.165) is 38.5 Å². The van der Waals surface area contributed by atoms with Crippen LogP contribution in [0.3, 0.4) is 0 Å². The van der Waals surface area contributed by atoms with Gasteiger partial charge in [-0.3, -0.25) is 0 Å². The van der Waals surface area contributed by atoms with Crippen molar-refractivity contribution in [3.63, 3.8) is 0 Å². The third kappa shape index (κ3) is 6.68. The molecule has 24 heavy (non-hydrogen) atoms. The Bertz CT molecular complexity index is 502. The Balaban J connectivity index is 1.71. The highest BCUT2D eigenvalue weighted by molar-refractivity contribution is 5.15. The molecule has 0 spiro atoms. The maximum Gasteiger partial charge on any atom is 0.356 e. The molecule has 4 heteroatoms. The molecule has 1 aromatic rings. The van der Waals surface area contributed by atoms with Crippen LogP contribution in [0.15, 0.2) is 36.4 Å². The van der Waals surface area contributed by atoms with Crippen molar-refractivity contribution in [2.75, 3.05) is 0 Å². The van der Waals surface area contributed by atoms with Gasteiger partial charge in [-0.1, -0.05) is 37.1 Å². The van der Waals surface area contributed by atoms with Crippen LogP contribution in [-0.4, -0.2) is 6.11 Å². The van der Waals surface area contributed by atoms with Crippen molar-refractivity contribution >= 4 is 0 Å². The van der Waals surface area contributed by atoms with Gasteiger partial charge in [0.1, 0.15) is 5.82 Å². The molecule has 0 amide bonds. The van der Waals surface area contributed by atoms with Gasteiger partial charge in [0.15, 0.2) is 0 Å². The third-order valence-corrected chi connectivity index (χ3v) is 4.83. The van der Waals surface area contributed by atoms with Crippen LogP contribution in [0.5, 0.6) is 0 Å². The molecule has 1 aromatic carbocycles. The third-order valence-electron chi connectivity index (χ3n) is 4.83. The van der Waals surface area contributed by atoms with Crippen LogP contribution >= 0.6 is 0 Å². The number of ether oxygens (including phenoxy) is 1. The molecule has 0 atom stereocenters. The van der Waals surface area contributed by atoms with E-state index >= 15 is 0 Å². The fraction of sp³-hybridized carbons (Fsp3) is 0.600. The molecule has 0 aromatic heterocycles. The molecule has 1 fully saturated rings. The highest BCUT2D eigenvalue weighted by Gasteiger charge is 2.35. The van der Waals surface area contributed by atoms with E-state index < -0.39 is 6.11 Å². The first kappa shape index (κ1) is 19.0. The van der Waals surface area contributed by atoms with Gasteiger partial charge < -0.3 is 4.74 Å². The summed E-state index contributed by atoms with van der Waals surface area (Å²) in [6, 6.07) is 5.46. The number of alkyl halides is 2. The van der Waals surface area contributed by atoms with E-state index in [4.69, 9.17) is 4.74 Å². The molecular formula is C20H27F3O. The monoisotopic (exact) mass is 340 g/mol. The van der Waals surface area contributed by atoms with E-state index in [2.05, 4.69) is 12.2 Å². The molecule has 0 N–H and O–H groups in total. The second-order valence-corrected chi connectivity index (χ2v) is 6.79. The first-order valence-corrected chi connectivity index (χ1v) is 8.86. The number of hydrogen-bond donors (Lipinski definition) is 0. The molecule has 0 unspecified atom stereocenters. The van der Waals surface area contributed by atoms with E-state index in [1.54, 1.807) is 0 Å². The minimum atomic E-state index is -3.11. The van der Waals surface area contributed by atoms with Gasteiger partial charge in [-0.05, 0) is 62.1 Å². The minimum Gasteiger partial charge on any atom is -0.316 e. The maximum atomic E-state index is 14.0. The lowest BCUT2D eigenvalue weighted by molar-refractivity contribution is -0.256. The van der Waals surface area contributed by atoms with Crippen molar-refractivity contribution in [3.05, 3.63) is 47.8 Å². The Morgan fingerprint density at radius 1 is 1.08 bits per heavy atom. The average molecular weight is 340 g/mol. The molecule has 0 heterocycles. The summed E-state index contributed by atoms with van der Waals surface area (Å²) in [5.41, 5.74) is 0.559. The predicted molar refractivity (Wildman–Crippen MR) is 90.2 cm³/mol. The molecule has 1 aliphatic carbocycles. The summed E-state index contributed by atoms with van der Waals surface area (Å²) in [7, 11) is 0. The van der Waals surface area contributed by atoms with Gasteiger partial charge in [0.25, 0.3) is 0 Å². The maximum absolute atomic E-state index is 14.0. The van der Waals surface area contributed by atoms with Crippen molar-refractivity contribution in [2.45, 2.75) is 64.6 Å². The van der Waals surface area contributed by atoms with Crippen LogP contribution in [0.2, 0.25) is 0 Å². The molecular weight excluding hydrogens is 313 g/mol. The van der Waals surface area contributed by atoms with Crippen LogP contribution < -0.4 is 0 Å². The minimum absolute atomic E-state index is 0.0335. The molecule has 1 saturated carbocycles. The summed E-state index contributed by atoms with van der Waals surface area (Å²) in [5, 5.41) is 0. The number of halogens is 3. The zero-order valence-electron chi connectivity index (χ0n) is 14.3. The van der Waals surface area contributed by atoms with Crippen LogP contribution in [-0.2, 0) is 11.3 Å². The van der Waals surface area contributed by atoms with E-state index in [9.17, 15) is 13.2 Å². The average Bonchev–Trinajstić information content (AvgIpc) is 2.56. The molecule has 1 nitrogen and oxygen atoms in total. The topological polar surface area (TPSA) is 9.23 Å². The highest BCUT2D eigenvalue weighted by Crippen LogP contribution is 2.38. The fourth-order valence-electron chi connectivity index (χ4n) is 3.39. The Hall–Kier alpha value is -1.29. The van der Waals surface area contributed by atoms with Gasteiger partial charge in [-0.25, -0.2) is 4.39 Å². The van der Waals surface area contributed by atoms with E-state index in [0.29, 0.717) is 11.5 Å². The summed E-state index contributed by atoms with van der Waals surface area (Å²) >= 11 is 0. The quantitative estimate of drug-likeness (QED) is 0.492. The Morgan fingerprint density at radius 3 is 2.33 bits per heavy atom. The zero-order chi connectivity index (χ0) is 17.4. The summed E-state index contributed by atoms with van der Waals surface area (Å²) in [6.07, 6.45) is 6.94. The fourth-order valence-corrected chi connectivity index (χ4v) is 3.39. The van der Waals surface area contributed by atoms with Gasteiger partial charge in [0.05, 0.1) is 6.61 Å². The molecule has 0 saturated heterocycles. The van der Waals surface area contributed by atoms with Crippen molar-refractivity contribution in [3.8, 4) is 0 Å². The normalized spacial score (nSPS) is 22.2. The van der Waals surface area contributed by atoms with E-state index in [1.165, 1.54) is 24.3 Å². The first-order chi connectivity index (χ1) is 11.5. The summed E-state index contributed by atoms with van der Waals surface area (Å²) < 4.78 is 45.6. The van der Waals surface area contributed by atoms with E-state index in [1.807, 2.05) is 6.92 Å². The lowest BCUT2D eigenvalue weighted by atomic mass is 9.78. The molecule has 0 bridgehead atoms. The standard InChI is InChI=1S/C20H27F3O/c1-2-3-4-5-16-6-8-17(9-7-16)14-20(22,23)24-15-18-10-12-19(21)13-11-18/h2-3,10-13,16-17H,4-9,14-15H2,1H3/b3-2+. The SMILES string of the molecule is C/C=C/CCC1CCC(CC(F)(F)OCc2ccc(F)cc2)CC1. The molecule has 1 aliphatic rings. The van der Waals surface area contributed by atoms with Crippen molar-refractivity contribution in [1.29, 1.82) is 0 Å². The number of benzene rings is 1. The van der Waals surface area contributed by atoms with Crippen LogP contribution in [0.1, 0.15) is 57.4 Å². The summed E-state index contributed by atoms with van der Waals surface area (Å²) in [5.74, 6) is 0.328. The van der Waals surface area contributed by atoms with Crippen LogP contribution in [0.25, 0.3) is 0 Å². The van der Waals surface area contributed by atoms with Gasteiger partial charge in [-0.15, -0.1) is 0 Å². The molecule has 0 radical (unpaired) electrons. The predicted octanol–water partition coefficient (Wildman–Crippen LogP) is 6.49. The number of hydrogen-bond acceptors (Lipinski definition) is 1. The second kappa shape index (κ2) is 9.26. The molecule has 134 valence electrons. The summed E-state index contributed by atoms with van der Waals surface area (Å²) in [4.78, 5) is 0. The van der Waals surface area contributed by atoms with Crippen molar-refractivity contribution < 1.29 is 17.9 Å². The number of rotatable bonds is 8. The van der Waals surface area contributed by atoms with Gasteiger partial charge in [0, 0.05) is 6.42 Å². The summed E-state index contributed by atoms with van der Waals surface area (Å²) in [6.45, 7) is 1.83. The van der Waals surface area contributed by atoms with Crippen LogP contribution in [0, 0.1) is 17.7 Å². The van der Waals surface area contributed by atoms with Gasteiger partial charge in [0.2, 0.25) is 0 Å². The van der Waals surface area contributed by atoms with E-state index in [-0.39, 0.29) is 24.8 Å².